The summed E-state index contributed by atoms with van der Waals surface area (Å²) in [7, 11) is 2.13. The van der Waals surface area contributed by atoms with Gasteiger partial charge in [-0.25, -0.2) is 0 Å². The van der Waals surface area contributed by atoms with Gasteiger partial charge in [-0.05, 0) is 62.6 Å². The van der Waals surface area contributed by atoms with Gasteiger partial charge in [-0.1, -0.05) is 24.3 Å². The van der Waals surface area contributed by atoms with Crippen LogP contribution in [0, 0.1) is 0 Å². The van der Waals surface area contributed by atoms with Crippen LogP contribution in [0.25, 0.3) is 0 Å². The van der Waals surface area contributed by atoms with Gasteiger partial charge in [-0.15, -0.1) is 0 Å². The van der Waals surface area contributed by atoms with Gasteiger partial charge in [0.2, 0.25) is 0 Å². The van der Waals surface area contributed by atoms with Gasteiger partial charge < -0.3 is 5.32 Å². The van der Waals surface area contributed by atoms with Crippen LogP contribution in [0.1, 0.15) is 49.1 Å². The third-order valence-electron chi connectivity index (χ3n) is 4.51. The number of rotatable bonds is 3. The summed E-state index contributed by atoms with van der Waals surface area (Å²) >= 11 is 0. The summed E-state index contributed by atoms with van der Waals surface area (Å²) < 4.78 is 0. The van der Waals surface area contributed by atoms with E-state index in [9.17, 15) is 0 Å². The van der Waals surface area contributed by atoms with E-state index in [-0.39, 0.29) is 0 Å². The maximum Gasteiger partial charge on any atom is 0.0185 e. The first kappa shape index (κ1) is 10.3. The summed E-state index contributed by atoms with van der Waals surface area (Å²) in [5.74, 6) is 0.805. The maximum absolute atomic E-state index is 3.53. The zero-order valence-corrected chi connectivity index (χ0v) is 10.1. The fourth-order valence-corrected chi connectivity index (χ4v) is 3.25. The van der Waals surface area contributed by atoms with Crippen molar-refractivity contribution in [3.63, 3.8) is 0 Å². The predicted octanol–water partition coefficient (Wildman–Crippen LogP) is 3.25. The molecule has 2 aliphatic rings. The van der Waals surface area contributed by atoms with E-state index in [1.807, 2.05) is 0 Å². The second kappa shape index (κ2) is 3.89. The Hall–Kier alpha value is -0.820. The van der Waals surface area contributed by atoms with Crippen LogP contribution in [0.2, 0.25) is 0 Å². The molecule has 1 atom stereocenters. The van der Waals surface area contributed by atoms with Crippen LogP contribution in [-0.4, -0.2) is 12.6 Å². The van der Waals surface area contributed by atoms with E-state index in [1.54, 1.807) is 11.1 Å². The Kier molecular flexibility index (Phi) is 2.51. The van der Waals surface area contributed by atoms with E-state index in [0.717, 1.165) is 5.92 Å². The van der Waals surface area contributed by atoms with Crippen molar-refractivity contribution in [3.05, 3.63) is 35.4 Å². The maximum atomic E-state index is 3.53. The predicted molar refractivity (Wildman–Crippen MR) is 67.8 cm³/mol. The fourth-order valence-electron chi connectivity index (χ4n) is 3.25. The molecule has 1 heteroatoms. The minimum atomic E-state index is 0.495. The Morgan fingerprint density at radius 1 is 1.31 bits per heavy atom. The molecule has 3 rings (SSSR count). The standard InChI is InChI=1S/C15H21N/c1-16-15(9-10-15)11-13-7-4-6-12-5-2-3-8-14(12)13/h2-3,5,8,13,16H,4,6-7,9-11H2,1H3. The van der Waals surface area contributed by atoms with Gasteiger partial charge in [0.1, 0.15) is 0 Å². The molecule has 1 fully saturated rings. The quantitative estimate of drug-likeness (QED) is 0.816. The average molecular weight is 215 g/mol. The van der Waals surface area contributed by atoms with Crippen LogP contribution < -0.4 is 5.32 Å². The van der Waals surface area contributed by atoms with Crippen LogP contribution in [0.4, 0.5) is 0 Å². The second-order valence-corrected chi connectivity index (χ2v) is 5.52. The highest BCUT2D eigenvalue weighted by atomic mass is 15.0. The van der Waals surface area contributed by atoms with Gasteiger partial charge in [-0.2, -0.15) is 0 Å². The molecule has 86 valence electrons. The van der Waals surface area contributed by atoms with Gasteiger partial charge in [0.15, 0.2) is 0 Å². The number of nitrogens with one attached hydrogen (secondary N) is 1. The molecular formula is C15H21N. The zero-order chi connectivity index (χ0) is 11.0. The van der Waals surface area contributed by atoms with Crippen LogP contribution in [0.5, 0.6) is 0 Å². The minimum Gasteiger partial charge on any atom is -0.314 e. The lowest BCUT2D eigenvalue weighted by Gasteiger charge is -2.29. The Bertz CT molecular complexity index is 379. The largest absolute Gasteiger partial charge is 0.314 e. The molecule has 0 saturated heterocycles. The molecule has 0 spiro atoms. The van der Waals surface area contributed by atoms with Crippen LogP contribution in [-0.2, 0) is 6.42 Å². The monoisotopic (exact) mass is 215 g/mol. The van der Waals surface area contributed by atoms with E-state index < -0.39 is 0 Å². The molecule has 0 radical (unpaired) electrons. The van der Waals surface area contributed by atoms with Crippen molar-refractivity contribution in [2.24, 2.45) is 0 Å². The molecule has 1 nitrogen and oxygen atoms in total. The van der Waals surface area contributed by atoms with Crippen molar-refractivity contribution < 1.29 is 0 Å². The van der Waals surface area contributed by atoms with Crippen LogP contribution >= 0.6 is 0 Å². The van der Waals surface area contributed by atoms with Crippen molar-refractivity contribution in [1.29, 1.82) is 0 Å². The smallest absolute Gasteiger partial charge is 0.0185 e. The summed E-state index contributed by atoms with van der Waals surface area (Å²) in [4.78, 5) is 0. The summed E-state index contributed by atoms with van der Waals surface area (Å²) in [5, 5.41) is 3.53. The molecule has 1 N–H and O–H groups in total. The lowest BCUT2D eigenvalue weighted by Crippen LogP contribution is -2.30. The van der Waals surface area contributed by atoms with E-state index in [1.165, 1.54) is 38.5 Å². The molecule has 1 aromatic carbocycles. The fraction of sp³-hybridized carbons (Fsp3) is 0.600. The molecule has 0 bridgehead atoms. The molecule has 1 saturated carbocycles. The average Bonchev–Trinajstić information content (AvgIpc) is 3.10. The Balaban J connectivity index is 1.82. The molecule has 2 aliphatic carbocycles. The molecule has 0 heterocycles. The first-order chi connectivity index (χ1) is 7.83. The van der Waals surface area contributed by atoms with Crippen molar-refractivity contribution in [3.8, 4) is 0 Å². The number of benzene rings is 1. The number of hydrogen-bond acceptors (Lipinski definition) is 1. The number of aryl methyl sites for hydroxylation is 1. The van der Waals surface area contributed by atoms with Crippen LogP contribution in [0.3, 0.4) is 0 Å². The second-order valence-electron chi connectivity index (χ2n) is 5.52. The van der Waals surface area contributed by atoms with E-state index >= 15 is 0 Å². The molecule has 1 aromatic rings. The Morgan fingerprint density at radius 2 is 2.12 bits per heavy atom. The summed E-state index contributed by atoms with van der Waals surface area (Å²) in [6, 6.07) is 9.06. The summed E-state index contributed by atoms with van der Waals surface area (Å²) in [6.07, 6.45) is 8.16. The molecule has 0 aromatic heterocycles. The third-order valence-corrected chi connectivity index (χ3v) is 4.51. The van der Waals surface area contributed by atoms with Crippen molar-refractivity contribution in [1.82, 2.24) is 5.32 Å². The molecule has 16 heavy (non-hydrogen) atoms. The van der Waals surface area contributed by atoms with Gasteiger partial charge in [0.05, 0.1) is 0 Å². The van der Waals surface area contributed by atoms with Gasteiger partial charge in [-0.3, -0.25) is 0 Å². The Morgan fingerprint density at radius 3 is 2.88 bits per heavy atom. The minimum absolute atomic E-state index is 0.495. The van der Waals surface area contributed by atoms with Crippen LogP contribution in [0.15, 0.2) is 24.3 Å². The molecular weight excluding hydrogens is 194 g/mol. The van der Waals surface area contributed by atoms with Gasteiger partial charge in [0, 0.05) is 5.54 Å². The highest BCUT2D eigenvalue weighted by molar-refractivity contribution is 5.33. The Labute approximate surface area is 98.3 Å². The lowest BCUT2D eigenvalue weighted by atomic mass is 9.79. The van der Waals surface area contributed by atoms with Gasteiger partial charge in [0.25, 0.3) is 0 Å². The topological polar surface area (TPSA) is 12.0 Å². The first-order valence-corrected chi connectivity index (χ1v) is 6.60. The summed E-state index contributed by atoms with van der Waals surface area (Å²) in [5.41, 5.74) is 3.73. The SMILES string of the molecule is CNC1(CC2CCCc3ccccc32)CC1. The molecule has 0 amide bonds. The van der Waals surface area contributed by atoms with Crippen molar-refractivity contribution >= 4 is 0 Å². The third kappa shape index (κ3) is 1.78. The summed E-state index contributed by atoms with van der Waals surface area (Å²) in [6.45, 7) is 0. The highest BCUT2D eigenvalue weighted by Crippen LogP contribution is 2.46. The number of hydrogen-bond donors (Lipinski definition) is 1. The van der Waals surface area contributed by atoms with E-state index in [0.29, 0.717) is 5.54 Å². The normalized spacial score (nSPS) is 26.2. The van der Waals surface area contributed by atoms with E-state index in [2.05, 4.69) is 36.6 Å². The zero-order valence-electron chi connectivity index (χ0n) is 10.1. The van der Waals surface area contributed by atoms with Crippen molar-refractivity contribution in [2.45, 2.75) is 50.0 Å². The van der Waals surface area contributed by atoms with Crippen molar-refractivity contribution in [2.75, 3.05) is 7.05 Å². The molecule has 0 aliphatic heterocycles. The highest BCUT2D eigenvalue weighted by Gasteiger charge is 2.43. The first-order valence-electron chi connectivity index (χ1n) is 6.60. The molecule has 1 unspecified atom stereocenters. The van der Waals surface area contributed by atoms with Gasteiger partial charge >= 0.3 is 0 Å². The van der Waals surface area contributed by atoms with E-state index in [4.69, 9.17) is 0 Å². The number of fused-ring (bicyclic) bond motifs is 1. The lowest BCUT2D eigenvalue weighted by molar-refractivity contribution is 0.417.